The monoisotopic (exact) mass is 368 g/mol. The van der Waals surface area contributed by atoms with Gasteiger partial charge in [-0.05, 0) is 36.8 Å². The highest BCUT2D eigenvalue weighted by molar-refractivity contribution is 9.10. The van der Waals surface area contributed by atoms with Crippen molar-refractivity contribution < 1.29 is 9.53 Å². The lowest BCUT2D eigenvalue weighted by Crippen LogP contribution is -2.15. The third kappa shape index (κ3) is 3.49. The van der Waals surface area contributed by atoms with E-state index in [0.717, 1.165) is 10.0 Å². The molecule has 0 heterocycles. The van der Waals surface area contributed by atoms with Gasteiger partial charge < -0.3 is 15.8 Å². The predicted molar refractivity (Wildman–Crippen MR) is 89.2 cm³/mol. The molecule has 0 saturated heterocycles. The van der Waals surface area contributed by atoms with Crippen LogP contribution in [-0.2, 0) is 0 Å². The van der Waals surface area contributed by atoms with Crippen LogP contribution < -0.4 is 15.8 Å². The predicted octanol–water partition coefficient (Wildman–Crippen LogP) is 4.25. The second kappa shape index (κ2) is 6.37. The zero-order valence-electron chi connectivity index (χ0n) is 11.5. The first-order valence-electron chi connectivity index (χ1n) is 6.13. The number of nitrogens with two attached hydrogens (primary N) is 1. The molecule has 2 aromatic rings. The first-order valence-corrected chi connectivity index (χ1v) is 7.30. The molecule has 0 radical (unpaired) electrons. The molecule has 4 nitrogen and oxygen atoms in total. The Morgan fingerprint density at radius 2 is 2.05 bits per heavy atom. The van der Waals surface area contributed by atoms with E-state index in [2.05, 4.69) is 21.2 Å². The van der Waals surface area contributed by atoms with Crippen LogP contribution in [0.2, 0.25) is 5.02 Å². The number of nitrogen functional groups attached to an aromatic ring is 1. The number of methoxy groups -OCH3 is 1. The lowest BCUT2D eigenvalue weighted by Gasteiger charge is -2.13. The van der Waals surface area contributed by atoms with E-state index in [0.29, 0.717) is 27.7 Å². The highest BCUT2D eigenvalue weighted by Gasteiger charge is 2.14. The number of benzene rings is 2. The van der Waals surface area contributed by atoms with Gasteiger partial charge in [-0.1, -0.05) is 27.5 Å². The number of aryl methyl sites for hydroxylation is 1. The summed E-state index contributed by atoms with van der Waals surface area (Å²) in [6.45, 7) is 1.85. The molecule has 0 atom stereocenters. The van der Waals surface area contributed by atoms with E-state index in [-0.39, 0.29) is 5.91 Å². The smallest absolute Gasteiger partial charge is 0.257 e. The SMILES string of the molecule is COc1cc(Cl)c(C)cc1NC(=O)c1cc(Br)ccc1N. The summed E-state index contributed by atoms with van der Waals surface area (Å²) in [6.07, 6.45) is 0. The van der Waals surface area contributed by atoms with Crippen LogP contribution in [0.5, 0.6) is 5.75 Å². The van der Waals surface area contributed by atoms with Crippen LogP contribution in [-0.4, -0.2) is 13.0 Å². The van der Waals surface area contributed by atoms with Gasteiger partial charge in [-0.3, -0.25) is 4.79 Å². The van der Waals surface area contributed by atoms with Crippen LogP contribution in [0, 0.1) is 6.92 Å². The minimum absolute atomic E-state index is 0.311. The van der Waals surface area contributed by atoms with Gasteiger partial charge in [0.1, 0.15) is 5.75 Å². The number of ether oxygens (including phenoxy) is 1. The van der Waals surface area contributed by atoms with Crippen molar-refractivity contribution in [3.8, 4) is 5.75 Å². The number of halogens is 2. The quantitative estimate of drug-likeness (QED) is 0.795. The maximum atomic E-state index is 12.4. The van der Waals surface area contributed by atoms with E-state index < -0.39 is 0 Å². The zero-order chi connectivity index (χ0) is 15.6. The highest BCUT2D eigenvalue weighted by Crippen LogP contribution is 2.31. The van der Waals surface area contributed by atoms with E-state index in [4.69, 9.17) is 22.1 Å². The molecule has 21 heavy (non-hydrogen) atoms. The van der Waals surface area contributed by atoms with Gasteiger partial charge in [0, 0.05) is 21.2 Å². The molecule has 6 heteroatoms. The van der Waals surface area contributed by atoms with Crippen LogP contribution in [0.15, 0.2) is 34.8 Å². The van der Waals surface area contributed by atoms with Crippen molar-refractivity contribution in [2.75, 3.05) is 18.2 Å². The average Bonchev–Trinajstić information content (AvgIpc) is 2.45. The van der Waals surface area contributed by atoms with Crippen LogP contribution in [0.3, 0.4) is 0 Å². The molecule has 0 aliphatic rings. The summed E-state index contributed by atoms with van der Waals surface area (Å²) < 4.78 is 6.01. The zero-order valence-corrected chi connectivity index (χ0v) is 13.9. The third-order valence-electron chi connectivity index (χ3n) is 2.99. The normalized spacial score (nSPS) is 10.3. The Balaban J connectivity index is 2.35. The number of amides is 1. The molecule has 110 valence electrons. The summed E-state index contributed by atoms with van der Waals surface area (Å²) in [4.78, 5) is 12.4. The number of anilines is 2. The van der Waals surface area contributed by atoms with E-state index in [9.17, 15) is 4.79 Å². The Hall–Kier alpha value is -1.72. The van der Waals surface area contributed by atoms with Gasteiger partial charge in [-0.25, -0.2) is 0 Å². The maximum absolute atomic E-state index is 12.4. The fraction of sp³-hybridized carbons (Fsp3) is 0.133. The molecule has 0 unspecified atom stereocenters. The van der Waals surface area contributed by atoms with Crippen LogP contribution in [0.25, 0.3) is 0 Å². The fourth-order valence-corrected chi connectivity index (χ4v) is 2.36. The number of hydrogen-bond acceptors (Lipinski definition) is 3. The molecule has 0 saturated carbocycles. The summed E-state index contributed by atoms with van der Waals surface area (Å²) in [5.74, 6) is 0.182. The minimum atomic E-state index is -0.311. The highest BCUT2D eigenvalue weighted by atomic mass is 79.9. The summed E-state index contributed by atoms with van der Waals surface area (Å²) in [6, 6.07) is 8.53. The average molecular weight is 370 g/mol. The topological polar surface area (TPSA) is 64.3 Å². The maximum Gasteiger partial charge on any atom is 0.257 e. The van der Waals surface area contributed by atoms with Crippen LogP contribution >= 0.6 is 27.5 Å². The Bertz CT molecular complexity index is 704. The van der Waals surface area contributed by atoms with Crippen molar-refractivity contribution in [3.05, 3.63) is 51.0 Å². The van der Waals surface area contributed by atoms with Gasteiger partial charge in [0.15, 0.2) is 0 Å². The molecule has 0 aromatic heterocycles. The Kier molecular flexibility index (Phi) is 4.75. The van der Waals surface area contributed by atoms with Crippen molar-refractivity contribution in [1.82, 2.24) is 0 Å². The number of nitrogens with one attached hydrogen (secondary N) is 1. The molecule has 2 aromatic carbocycles. The van der Waals surface area contributed by atoms with Gasteiger partial charge in [0.2, 0.25) is 0 Å². The number of carbonyl (C=O) groups is 1. The molecule has 0 aliphatic carbocycles. The number of carbonyl (C=O) groups excluding carboxylic acids is 1. The Morgan fingerprint density at radius 1 is 1.33 bits per heavy atom. The van der Waals surface area contributed by atoms with Crippen molar-refractivity contribution in [2.45, 2.75) is 6.92 Å². The molecule has 3 N–H and O–H groups in total. The minimum Gasteiger partial charge on any atom is -0.495 e. The molecule has 0 spiro atoms. The standard InChI is InChI=1S/C15H14BrClN2O2/c1-8-5-13(14(21-2)7-11(8)17)19-15(20)10-6-9(16)3-4-12(10)18/h3-7H,18H2,1-2H3,(H,19,20). The van der Waals surface area contributed by atoms with E-state index in [1.54, 1.807) is 30.3 Å². The van der Waals surface area contributed by atoms with Crippen molar-refractivity contribution in [2.24, 2.45) is 0 Å². The lowest BCUT2D eigenvalue weighted by atomic mass is 10.1. The van der Waals surface area contributed by atoms with Gasteiger partial charge in [0.25, 0.3) is 5.91 Å². The number of hydrogen-bond donors (Lipinski definition) is 2. The summed E-state index contributed by atoms with van der Waals surface area (Å²) in [7, 11) is 1.52. The lowest BCUT2D eigenvalue weighted by molar-refractivity contribution is 0.102. The summed E-state index contributed by atoms with van der Waals surface area (Å²) in [5, 5.41) is 3.37. The Labute approximate surface area is 136 Å². The van der Waals surface area contributed by atoms with Crippen molar-refractivity contribution in [1.29, 1.82) is 0 Å². The molecule has 2 rings (SSSR count). The second-order valence-corrected chi connectivity index (χ2v) is 5.81. The van der Waals surface area contributed by atoms with E-state index >= 15 is 0 Å². The first kappa shape index (κ1) is 15.7. The molecule has 0 aliphatic heterocycles. The summed E-state index contributed by atoms with van der Waals surface area (Å²) in [5.41, 5.74) is 8.01. The first-order chi connectivity index (χ1) is 9.92. The molecular weight excluding hydrogens is 356 g/mol. The van der Waals surface area contributed by atoms with Gasteiger partial charge in [-0.15, -0.1) is 0 Å². The fourth-order valence-electron chi connectivity index (χ4n) is 1.84. The van der Waals surface area contributed by atoms with E-state index in [1.165, 1.54) is 7.11 Å². The largest absolute Gasteiger partial charge is 0.495 e. The van der Waals surface area contributed by atoms with Gasteiger partial charge in [0.05, 0.1) is 18.4 Å². The second-order valence-electron chi connectivity index (χ2n) is 4.49. The van der Waals surface area contributed by atoms with Crippen molar-refractivity contribution >= 4 is 44.8 Å². The third-order valence-corrected chi connectivity index (χ3v) is 3.89. The van der Waals surface area contributed by atoms with Crippen LogP contribution in [0.4, 0.5) is 11.4 Å². The molecule has 0 fully saturated rings. The molecule has 0 bridgehead atoms. The Morgan fingerprint density at radius 3 is 2.71 bits per heavy atom. The van der Waals surface area contributed by atoms with Gasteiger partial charge in [-0.2, -0.15) is 0 Å². The summed E-state index contributed by atoms with van der Waals surface area (Å²) >= 11 is 9.37. The van der Waals surface area contributed by atoms with Gasteiger partial charge >= 0.3 is 0 Å². The molecule has 1 amide bonds. The van der Waals surface area contributed by atoms with Crippen LogP contribution in [0.1, 0.15) is 15.9 Å². The van der Waals surface area contributed by atoms with E-state index in [1.807, 2.05) is 6.92 Å². The van der Waals surface area contributed by atoms with Crippen molar-refractivity contribution in [3.63, 3.8) is 0 Å². The number of rotatable bonds is 3. The molecular formula is C15H14BrClN2O2.